The number of ether oxygens (including phenoxy) is 5. The number of rotatable bonds is 10. The predicted molar refractivity (Wildman–Crippen MR) is 139 cm³/mol. The highest BCUT2D eigenvalue weighted by Crippen LogP contribution is 2.38. The van der Waals surface area contributed by atoms with Gasteiger partial charge in [-0.15, -0.1) is 0 Å². The Morgan fingerprint density at radius 2 is 1.54 bits per heavy atom. The highest BCUT2D eigenvalue weighted by Gasteiger charge is 2.18. The van der Waals surface area contributed by atoms with E-state index in [-0.39, 0.29) is 12.2 Å². The minimum atomic E-state index is -0.611. The van der Waals surface area contributed by atoms with Crippen molar-refractivity contribution >= 4 is 18.1 Å². The third-order valence-electron chi connectivity index (χ3n) is 5.59. The van der Waals surface area contributed by atoms with E-state index < -0.39 is 11.9 Å². The maximum absolute atomic E-state index is 12.7. The third-order valence-corrected chi connectivity index (χ3v) is 5.59. The molecule has 0 aliphatic carbocycles. The molecule has 0 heterocycles. The third kappa shape index (κ3) is 6.78. The average Bonchev–Trinajstić information content (AvgIpc) is 2.90. The van der Waals surface area contributed by atoms with Crippen LogP contribution < -0.4 is 29.1 Å². The van der Waals surface area contributed by atoms with E-state index in [1.807, 2.05) is 32.9 Å². The van der Waals surface area contributed by atoms with Crippen molar-refractivity contribution in [2.75, 3.05) is 27.9 Å². The molecule has 9 nitrogen and oxygen atoms in total. The first kappa shape index (κ1) is 27.1. The van der Waals surface area contributed by atoms with Gasteiger partial charge in [0, 0.05) is 0 Å². The molecule has 0 aromatic heterocycles. The molecule has 194 valence electrons. The van der Waals surface area contributed by atoms with Crippen LogP contribution >= 0.6 is 0 Å². The summed E-state index contributed by atoms with van der Waals surface area (Å²) in [6, 6.07) is 13.7. The molecule has 9 heteroatoms. The van der Waals surface area contributed by atoms with E-state index in [9.17, 15) is 9.59 Å². The number of amides is 1. The largest absolute Gasteiger partial charge is 0.493 e. The SMILES string of the molecule is COc1cc(C(=O)Oc2cccc(/C=N/NC(=O)COc3c(C)ccc(C)c3C)c2)cc(OC)c1OC. The summed E-state index contributed by atoms with van der Waals surface area (Å²) < 4.78 is 27.1. The van der Waals surface area contributed by atoms with Crippen molar-refractivity contribution < 1.29 is 33.3 Å². The number of benzene rings is 3. The number of aryl methyl sites for hydroxylation is 2. The highest BCUT2D eigenvalue weighted by atomic mass is 16.5. The number of nitrogens with one attached hydrogen (secondary N) is 1. The molecule has 0 radical (unpaired) electrons. The number of methoxy groups -OCH3 is 3. The molecule has 37 heavy (non-hydrogen) atoms. The lowest BCUT2D eigenvalue weighted by Crippen LogP contribution is -2.25. The zero-order chi connectivity index (χ0) is 26.9. The summed E-state index contributed by atoms with van der Waals surface area (Å²) in [6.45, 7) is 5.70. The Morgan fingerprint density at radius 3 is 2.19 bits per heavy atom. The molecule has 0 spiro atoms. The zero-order valence-electron chi connectivity index (χ0n) is 21.7. The maximum atomic E-state index is 12.7. The van der Waals surface area contributed by atoms with Crippen LogP contribution in [0.3, 0.4) is 0 Å². The standard InChI is InChI=1S/C28H30N2O7/c1-17-10-11-18(2)26(19(17)3)36-16-25(31)30-29-15-20-8-7-9-22(12-20)37-28(32)21-13-23(33-4)27(35-6)24(14-21)34-5/h7-15H,16H2,1-6H3,(H,30,31)/b29-15+. The first-order valence-electron chi connectivity index (χ1n) is 11.4. The van der Waals surface area contributed by atoms with Gasteiger partial charge in [-0.2, -0.15) is 5.10 Å². The van der Waals surface area contributed by atoms with Gasteiger partial charge in [0.05, 0.1) is 33.1 Å². The van der Waals surface area contributed by atoms with Crippen molar-refractivity contribution in [3.8, 4) is 28.7 Å². The molecule has 1 amide bonds. The number of hydrogen-bond donors (Lipinski definition) is 1. The number of nitrogens with zero attached hydrogens (tertiary/aromatic N) is 1. The molecule has 3 aromatic rings. The fraction of sp³-hybridized carbons (Fsp3) is 0.250. The van der Waals surface area contributed by atoms with Crippen LogP contribution in [0.15, 0.2) is 53.6 Å². The minimum Gasteiger partial charge on any atom is -0.493 e. The van der Waals surface area contributed by atoms with Gasteiger partial charge in [-0.3, -0.25) is 4.79 Å². The lowest BCUT2D eigenvalue weighted by molar-refractivity contribution is -0.123. The second-order valence-electron chi connectivity index (χ2n) is 8.11. The van der Waals surface area contributed by atoms with Gasteiger partial charge in [0.1, 0.15) is 11.5 Å². The summed E-state index contributed by atoms with van der Waals surface area (Å²) >= 11 is 0. The summed E-state index contributed by atoms with van der Waals surface area (Å²) in [7, 11) is 4.41. The van der Waals surface area contributed by atoms with E-state index in [1.165, 1.54) is 39.7 Å². The molecule has 0 atom stereocenters. The Kier molecular flexibility index (Phi) is 9.10. The van der Waals surface area contributed by atoms with Gasteiger partial charge in [-0.1, -0.05) is 24.3 Å². The molecule has 0 unspecified atom stereocenters. The smallest absolute Gasteiger partial charge is 0.343 e. The van der Waals surface area contributed by atoms with Crippen molar-refractivity contribution in [1.82, 2.24) is 5.43 Å². The quantitative estimate of drug-likeness (QED) is 0.188. The number of hydrazone groups is 1. The number of carbonyl (C=O) groups is 2. The number of carbonyl (C=O) groups excluding carboxylic acids is 2. The van der Waals surface area contributed by atoms with Crippen LogP contribution in [-0.4, -0.2) is 46.0 Å². The van der Waals surface area contributed by atoms with Crippen molar-refractivity contribution in [1.29, 1.82) is 0 Å². The van der Waals surface area contributed by atoms with E-state index in [1.54, 1.807) is 24.3 Å². The predicted octanol–water partition coefficient (Wildman–Crippen LogP) is 4.39. The Morgan fingerprint density at radius 1 is 0.865 bits per heavy atom. The summed E-state index contributed by atoms with van der Waals surface area (Å²) in [6.07, 6.45) is 1.44. The van der Waals surface area contributed by atoms with Gasteiger partial charge in [-0.05, 0) is 67.3 Å². The molecular weight excluding hydrogens is 476 g/mol. The minimum absolute atomic E-state index is 0.172. The van der Waals surface area contributed by atoms with Crippen LogP contribution in [0.5, 0.6) is 28.7 Å². The second kappa shape index (κ2) is 12.4. The van der Waals surface area contributed by atoms with E-state index >= 15 is 0 Å². The van der Waals surface area contributed by atoms with Gasteiger partial charge in [0.25, 0.3) is 5.91 Å². The Balaban J connectivity index is 1.62. The van der Waals surface area contributed by atoms with Crippen LogP contribution in [0, 0.1) is 20.8 Å². The molecular formula is C28H30N2O7. The molecule has 3 aromatic carbocycles. The lowest BCUT2D eigenvalue weighted by atomic mass is 10.1. The molecule has 0 bridgehead atoms. The molecule has 0 aliphatic rings. The normalized spacial score (nSPS) is 10.6. The summed E-state index contributed by atoms with van der Waals surface area (Å²) in [5, 5.41) is 3.97. The van der Waals surface area contributed by atoms with Gasteiger partial charge in [0.2, 0.25) is 5.75 Å². The number of hydrogen-bond acceptors (Lipinski definition) is 8. The van der Waals surface area contributed by atoms with E-state index in [0.717, 1.165) is 16.7 Å². The van der Waals surface area contributed by atoms with Crippen molar-refractivity contribution in [3.63, 3.8) is 0 Å². The summed E-state index contributed by atoms with van der Waals surface area (Å²) in [5.41, 5.74) is 6.31. The van der Waals surface area contributed by atoms with Crippen LogP contribution in [0.4, 0.5) is 0 Å². The Hall–Kier alpha value is -4.53. The summed E-state index contributed by atoms with van der Waals surface area (Å²) in [5.74, 6) is 1.02. The zero-order valence-corrected chi connectivity index (χ0v) is 21.7. The fourth-order valence-electron chi connectivity index (χ4n) is 3.52. The first-order valence-corrected chi connectivity index (χ1v) is 11.4. The molecule has 0 fully saturated rings. The van der Waals surface area contributed by atoms with E-state index in [0.29, 0.717) is 34.3 Å². The van der Waals surface area contributed by atoms with Crippen LogP contribution in [-0.2, 0) is 4.79 Å². The number of esters is 1. The average molecular weight is 507 g/mol. The fourth-order valence-corrected chi connectivity index (χ4v) is 3.52. The summed E-state index contributed by atoms with van der Waals surface area (Å²) in [4.78, 5) is 24.9. The first-order chi connectivity index (χ1) is 17.8. The maximum Gasteiger partial charge on any atom is 0.343 e. The van der Waals surface area contributed by atoms with Crippen molar-refractivity contribution in [3.05, 3.63) is 76.3 Å². The molecule has 1 N–H and O–H groups in total. The monoisotopic (exact) mass is 506 g/mol. The van der Waals surface area contributed by atoms with Gasteiger partial charge in [0.15, 0.2) is 18.1 Å². The Bertz CT molecular complexity index is 1290. The van der Waals surface area contributed by atoms with Crippen LogP contribution in [0.2, 0.25) is 0 Å². The van der Waals surface area contributed by atoms with E-state index in [2.05, 4.69) is 10.5 Å². The van der Waals surface area contributed by atoms with Crippen molar-refractivity contribution in [2.45, 2.75) is 20.8 Å². The molecule has 3 rings (SSSR count). The van der Waals surface area contributed by atoms with Crippen LogP contribution in [0.1, 0.15) is 32.6 Å². The van der Waals surface area contributed by atoms with Crippen LogP contribution in [0.25, 0.3) is 0 Å². The lowest BCUT2D eigenvalue weighted by Gasteiger charge is -2.13. The molecule has 0 saturated carbocycles. The topological polar surface area (TPSA) is 105 Å². The Labute approximate surface area is 216 Å². The van der Waals surface area contributed by atoms with Crippen molar-refractivity contribution in [2.24, 2.45) is 5.10 Å². The van der Waals surface area contributed by atoms with Gasteiger partial charge in [-0.25, -0.2) is 10.2 Å². The highest BCUT2D eigenvalue weighted by molar-refractivity contribution is 5.93. The van der Waals surface area contributed by atoms with E-state index in [4.69, 9.17) is 23.7 Å². The second-order valence-corrected chi connectivity index (χ2v) is 8.11. The molecule has 0 saturated heterocycles. The molecule has 0 aliphatic heterocycles. The van der Waals surface area contributed by atoms with Gasteiger partial charge < -0.3 is 23.7 Å². The van der Waals surface area contributed by atoms with Gasteiger partial charge >= 0.3 is 5.97 Å².